The maximum absolute atomic E-state index is 13.0. The van der Waals surface area contributed by atoms with Crippen molar-refractivity contribution in [1.29, 1.82) is 0 Å². The summed E-state index contributed by atoms with van der Waals surface area (Å²) in [5.74, 6) is -1.42. The Labute approximate surface area is 130 Å². The number of carbonyl (C=O) groups is 1. The van der Waals surface area contributed by atoms with Crippen molar-refractivity contribution < 1.29 is 22.3 Å². The van der Waals surface area contributed by atoms with Gasteiger partial charge in [-0.15, -0.1) is 0 Å². The summed E-state index contributed by atoms with van der Waals surface area (Å²) in [6, 6.07) is 4.39. The Morgan fingerprint density at radius 1 is 1.45 bits per heavy atom. The third kappa shape index (κ3) is 3.55. The largest absolute Gasteiger partial charge is 0.461 e. The SMILES string of the molecule is CCOC(=O)c1cc(S(=O)(=O)Nc2ccc(F)c(Cl)c2)[nH]n1. The highest BCUT2D eigenvalue weighted by Crippen LogP contribution is 2.21. The minimum Gasteiger partial charge on any atom is -0.461 e. The van der Waals surface area contributed by atoms with Gasteiger partial charge in [-0.25, -0.2) is 9.18 Å². The van der Waals surface area contributed by atoms with Gasteiger partial charge in [-0.1, -0.05) is 11.6 Å². The standard InChI is InChI=1S/C12H11ClFN3O4S/c1-2-21-12(18)10-6-11(16-15-10)22(19,20)17-7-3-4-9(14)8(13)5-7/h3-6,17H,2H2,1H3,(H,15,16). The number of anilines is 1. The summed E-state index contributed by atoms with van der Waals surface area (Å²) in [5.41, 5.74) is -0.0990. The second-order valence-electron chi connectivity index (χ2n) is 4.07. The number of halogens is 2. The molecule has 1 aromatic heterocycles. The van der Waals surface area contributed by atoms with Crippen LogP contribution in [0.5, 0.6) is 0 Å². The van der Waals surface area contributed by atoms with E-state index in [1.165, 1.54) is 6.07 Å². The maximum Gasteiger partial charge on any atom is 0.358 e. The Bertz CT molecular complexity index is 806. The summed E-state index contributed by atoms with van der Waals surface area (Å²) in [6.45, 7) is 1.75. The lowest BCUT2D eigenvalue weighted by Gasteiger charge is -2.06. The average molecular weight is 348 g/mol. The first-order chi connectivity index (χ1) is 10.3. The lowest BCUT2D eigenvalue weighted by Crippen LogP contribution is -2.13. The Kier molecular flexibility index (Phi) is 4.67. The Hall–Kier alpha value is -2.13. The Morgan fingerprint density at radius 2 is 2.18 bits per heavy atom. The summed E-state index contributed by atoms with van der Waals surface area (Å²) in [4.78, 5) is 11.4. The lowest BCUT2D eigenvalue weighted by molar-refractivity contribution is 0.0519. The van der Waals surface area contributed by atoms with Gasteiger partial charge in [-0.2, -0.15) is 13.5 Å². The highest BCUT2D eigenvalue weighted by Gasteiger charge is 2.21. The molecule has 0 aliphatic rings. The summed E-state index contributed by atoms with van der Waals surface area (Å²) in [5, 5.41) is 5.23. The van der Waals surface area contributed by atoms with Gasteiger partial charge >= 0.3 is 5.97 Å². The van der Waals surface area contributed by atoms with E-state index in [1.54, 1.807) is 6.92 Å². The van der Waals surface area contributed by atoms with E-state index in [2.05, 4.69) is 14.9 Å². The topological polar surface area (TPSA) is 101 Å². The van der Waals surface area contributed by atoms with Crippen LogP contribution in [0.3, 0.4) is 0 Å². The molecule has 0 atom stereocenters. The number of nitrogens with zero attached hydrogens (tertiary/aromatic N) is 1. The molecule has 0 saturated heterocycles. The number of ether oxygens (including phenoxy) is 1. The van der Waals surface area contributed by atoms with Gasteiger partial charge in [0.1, 0.15) is 5.82 Å². The number of sulfonamides is 1. The van der Waals surface area contributed by atoms with Crippen LogP contribution in [0.15, 0.2) is 29.3 Å². The molecule has 10 heteroatoms. The first-order valence-electron chi connectivity index (χ1n) is 6.04. The fourth-order valence-corrected chi connectivity index (χ4v) is 2.68. The van der Waals surface area contributed by atoms with Crippen LogP contribution in [0.2, 0.25) is 5.02 Å². The van der Waals surface area contributed by atoms with E-state index in [0.717, 1.165) is 18.2 Å². The van der Waals surface area contributed by atoms with Crippen LogP contribution in [0.25, 0.3) is 0 Å². The second-order valence-corrected chi connectivity index (χ2v) is 6.13. The predicted octanol–water partition coefficient (Wildman–Crippen LogP) is 2.18. The van der Waals surface area contributed by atoms with E-state index in [1.807, 2.05) is 0 Å². The zero-order valence-corrected chi connectivity index (χ0v) is 12.8. The van der Waals surface area contributed by atoms with Crippen LogP contribution in [0.1, 0.15) is 17.4 Å². The number of hydrogen-bond donors (Lipinski definition) is 2. The van der Waals surface area contributed by atoms with E-state index in [-0.39, 0.29) is 28.0 Å². The van der Waals surface area contributed by atoms with Crippen LogP contribution in [0, 0.1) is 5.82 Å². The van der Waals surface area contributed by atoms with Crippen LogP contribution >= 0.6 is 11.6 Å². The number of carbonyl (C=O) groups excluding carboxylic acids is 1. The summed E-state index contributed by atoms with van der Waals surface area (Å²) >= 11 is 5.58. The lowest BCUT2D eigenvalue weighted by atomic mass is 10.3. The molecule has 0 aliphatic carbocycles. The molecule has 1 heterocycles. The Balaban J connectivity index is 2.23. The van der Waals surface area contributed by atoms with Gasteiger partial charge in [0.05, 0.1) is 17.3 Å². The molecule has 0 amide bonds. The van der Waals surface area contributed by atoms with Gasteiger partial charge in [-0.3, -0.25) is 9.82 Å². The van der Waals surface area contributed by atoms with Gasteiger partial charge in [0.15, 0.2) is 10.7 Å². The van der Waals surface area contributed by atoms with Gasteiger partial charge in [0, 0.05) is 6.07 Å². The first kappa shape index (κ1) is 16.2. The highest BCUT2D eigenvalue weighted by molar-refractivity contribution is 7.92. The van der Waals surface area contributed by atoms with Crippen LogP contribution in [-0.2, 0) is 14.8 Å². The monoisotopic (exact) mass is 347 g/mol. The van der Waals surface area contributed by atoms with Crippen molar-refractivity contribution in [2.24, 2.45) is 0 Å². The maximum atomic E-state index is 13.0. The normalized spacial score (nSPS) is 11.2. The van der Waals surface area contributed by atoms with E-state index >= 15 is 0 Å². The number of benzene rings is 1. The van der Waals surface area contributed by atoms with Gasteiger partial charge in [-0.05, 0) is 25.1 Å². The van der Waals surface area contributed by atoms with Crippen molar-refractivity contribution in [2.75, 3.05) is 11.3 Å². The van der Waals surface area contributed by atoms with Crippen molar-refractivity contribution in [1.82, 2.24) is 10.2 Å². The number of aromatic amines is 1. The predicted molar refractivity (Wildman–Crippen MR) is 76.8 cm³/mol. The summed E-state index contributed by atoms with van der Waals surface area (Å²) in [6.07, 6.45) is 0. The fraction of sp³-hybridized carbons (Fsp3) is 0.167. The molecule has 0 unspecified atom stereocenters. The van der Waals surface area contributed by atoms with Crippen LogP contribution < -0.4 is 4.72 Å². The van der Waals surface area contributed by atoms with E-state index in [9.17, 15) is 17.6 Å². The molecule has 118 valence electrons. The minimum atomic E-state index is -4.03. The third-order valence-corrected chi connectivity index (χ3v) is 4.08. The van der Waals surface area contributed by atoms with Crippen molar-refractivity contribution in [3.63, 3.8) is 0 Å². The number of aromatic nitrogens is 2. The van der Waals surface area contributed by atoms with Crippen LogP contribution in [-0.4, -0.2) is 31.2 Å². The molecule has 1 aromatic carbocycles. The van der Waals surface area contributed by atoms with Gasteiger partial charge in [0.2, 0.25) is 0 Å². The molecular formula is C12H11ClFN3O4S. The number of rotatable bonds is 5. The summed E-state index contributed by atoms with van der Waals surface area (Å²) in [7, 11) is -4.03. The number of H-pyrrole nitrogens is 1. The molecular weight excluding hydrogens is 337 g/mol. The van der Waals surface area contributed by atoms with Crippen LogP contribution in [0.4, 0.5) is 10.1 Å². The highest BCUT2D eigenvalue weighted by atomic mass is 35.5. The molecule has 2 N–H and O–H groups in total. The molecule has 0 saturated carbocycles. The second kappa shape index (κ2) is 6.32. The van der Waals surface area contributed by atoms with Gasteiger partial charge < -0.3 is 4.74 Å². The molecule has 0 spiro atoms. The Morgan fingerprint density at radius 3 is 2.82 bits per heavy atom. The number of nitrogens with one attached hydrogen (secondary N) is 2. The molecule has 0 aliphatic heterocycles. The molecule has 7 nitrogen and oxygen atoms in total. The first-order valence-corrected chi connectivity index (χ1v) is 7.90. The summed E-state index contributed by atoms with van der Waals surface area (Å²) < 4.78 is 44.2. The van der Waals surface area contributed by atoms with E-state index in [0.29, 0.717) is 0 Å². The zero-order valence-electron chi connectivity index (χ0n) is 11.3. The molecule has 2 rings (SSSR count). The smallest absolute Gasteiger partial charge is 0.358 e. The zero-order chi connectivity index (χ0) is 16.3. The molecule has 0 fully saturated rings. The van der Waals surface area contributed by atoms with Crippen molar-refractivity contribution in [2.45, 2.75) is 11.9 Å². The molecule has 0 radical (unpaired) electrons. The fourth-order valence-electron chi connectivity index (χ4n) is 1.52. The quantitative estimate of drug-likeness (QED) is 0.807. The third-order valence-electron chi connectivity index (χ3n) is 2.50. The van der Waals surface area contributed by atoms with Gasteiger partial charge in [0.25, 0.3) is 10.0 Å². The van der Waals surface area contributed by atoms with E-state index < -0.39 is 21.8 Å². The average Bonchev–Trinajstić information content (AvgIpc) is 2.93. The van der Waals surface area contributed by atoms with Crippen molar-refractivity contribution in [3.05, 3.63) is 40.8 Å². The molecule has 22 heavy (non-hydrogen) atoms. The minimum absolute atomic E-state index is 0.0682. The van der Waals surface area contributed by atoms with Crippen molar-refractivity contribution >= 4 is 33.3 Å². The van der Waals surface area contributed by atoms with Crippen molar-refractivity contribution in [3.8, 4) is 0 Å². The number of esters is 1. The number of hydrogen-bond acceptors (Lipinski definition) is 5. The molecule has 2 aromatic rings. The van der Waals surface area contributed by atoms with E-state index in [4.69, 9.17) is 16.3 Å². The molecule has 0 bridgehead atoms.